The van der Waals surface area contributed by atoms with Gasteiger partial charge in [-0.2, -0.15) is 0 Å². The Morgan fingerprint density at radius 2 is 1.93 bits per heavy atom. The molecule has 0 fully saturated rings. The van der Waals surface area contributed by atoms with E-state index < -0.39 is 5.97 Å². The molecule has 1 aliphatic heterocycles. The quantitative estimate of drug-likeness (QED) is 0.333. The highest BCUT2D eigenvalue weighted by Crippen LogP contribution is 2.36. The van der Waals surface area contributed by atoms with Gasteiger partial charge in [0.05, 0.1) is 11.8 Å². The fourth-order valence-electron chi connectivity index (χ4n) is 2.54. The van der Waals surface area contributed by atoms with Gasteiger partial charge in [0.2, 0.25) is 11.5 Å². The Hall–Kier alpha value is -3.02. The maximum Gasteiger partial charge on any atom is 0.379 e. The number of hydrogen-bond donors (Lipinski definition) is 0. The molecule has 0 atom stereocenters. The van der Waals surface area contributed by atoms with Gasteiger partial charge >= 0.3 is 5.97 Å². The van der Waals surface area contributed by atoms with E-state index in [1.165, 1.54) is 36.6 Å². The number of rotatable bonds is 3. The fourth-order valence-corrected chi connectivity index (χ4v) is 3.01. The molecule has 5 nitrogen and oxygen atoms in total. The number of esters is 1. The SMILES string of the molecule is O=C(Oc1ccc2c(c1)O/C(=C\c1ccc(Cl)cc1Cl)C2=O)c1ccco1. The first-order chi connectivity index (χ1) is 13.0. The average molecular weight is 401 g/mol. The van der Waals surface area contributed by atoms with Gasteiger partial charge in [0.1, 0.15) is 11.5 Å². The van der Waals surface area contributed by atoms with Crippen LogP contribution in [0.3, 0.4) is 0 Å². The summed E-state index contributed by atoms with van der Waals surface area (Å²) in [6.45, 7) is 0. The van der Waals surface area contributed by atoms with Crippen LogP contribution in [-0.2, 0) is 0 Å². The molecule has 0 aliphatic carbocycles. The summed E-state index contributed by atoms with van der Waals surface area (Å²) in [7, 11) is 0. The molecule has 27 heavy (non-hydrogen) atoms. The van der Waals surface area contributed by atoms with Crippen molar-refractivity contribution < 1.29 is 23.5 Å². The van der Waals surface area contributed by atoms with E-state index in [0.29, 0.717) is 26.9 Å². The molecule has 0 radical (unpaired) electrons. The topological polar surface area (TPSA) is 65.7 Å². The molecule has 1 aliphatic rings. The van der Waals surface area contributed by atoms with Crippen molar-refractivity contribution in [1.29, 1.82) is 0 Å². The Morgan fingerprint density at radius 1 is 1.07 bits per heavy atom. The lowest BCUT2D eigenvalue weighted by molar-refractivity contribution is 0.0701. The van der Waals surface area contributed by atoms with Crippen molar-refractivity contribution >= 4 is 41.0 Å². The largest absolute Gasteiger partial charge is 0.457 e. The van der Waals surface area contributed by atoms with E-state index in [1.54, 1.807) is 24.3 Å². The molecule has 4 rings (SSSR count). The highest BCUT2D eigenvalue weighted by molar-refractivity contribution is 6.35. The standard InChI is InChI=1S/C20H10Cl2O5/c21-12-4-3-11(15(22)9-12)8-18-19(23)14-6-5-13(10-17(14)27-18)26-20(24)16-2-1-7-25-16/h1-10H/b18-8-. The Bertz CT molecular complexity index is 1080. The third-order valence-corrected chi connectivity index (χ3v) is 4.39. The number of ether oxygens (including phenoxy) is 2. The van der Waals surface area contributed by atoms with Gasteiger partial charge in [0.15, 0.2) is 5.76 Å². The minimum atomic E-state index is -0.645. The second kappa shape index (κ2) is 6.95. The first kappa shape index (κ1) is 17.4. The summed E-state index contributed by atoms with van der Waals surface area (Å²) in [6, 6.07) is 12.5. The average Bonchev–Trinajstić information content (AvgIpc) is 3.26. The highest BCUT2D eigenvalue weighted by atomic mass is 35.5. The van der Waals surface area contributed by atoms with Crippen LogP contribution in [0.1, 0.15) is 26.5 Å². The number of carbonyl (C=O) groups is 2. The van der Waals surface area contributed by atoms with Crippen LogP contribution >= 0.6 is 23.2 Å². The summed E-state index contributed by atoms with van der Waals surface area (Å²) in [5.41, 5.74) is 0.964. The van der Waals surface area contributed by atoms with Crippen LogP contribution in [0.5, 0.6) is 11.5 Å². The molecule has 3 aromatic rings. The van der Waals surface area contributed by atoms with Crippen LogP contribution in [-0.4, -0.2) is 11.8 Å². The van der Waals surface area contributed by atoms with Crippen LogP contribution in [0.4, 0.5) is 0 Å². The summed E-state index contributed by atoms with van der Waals surface area (Å²) >= 11 is 12.0. The highest BCUT2D eigenvalue weighted by Gasteiger charge is 2.28. The van der Waals surface area contributed by atoms with E-state index in [2.05, 4.69) is 0 Å². The Labute approximate surface area is 163 Å². The molecular formula is C20H10Cl2O5. The van der Waals surface area contributed by atoms with E-state index in [9.17, 15) is 9.59 Å². The minimum Gasteiger partial charge on any atom is -0.457 e. The van der Waals surface area contributed by atoms with Gasteiger partial charge in [0.25, 0.3) is 0 Å². The number of halogens is 2. The predicted molar refractivity (Wildman–Crippen MR) is 99.5 cm³/mol. The lowest BCUT2D eigenvalue weighted by atomic mass is 10.1. The normalized spacial score (nSPS) is 14.1. The first-order valence-electron chi connectivity index (χ1n) is 7.80. The lowest BCUT2D eigenvalue weighted by Gasteiger charge is -2.04. The summed E-state index contributed by atoms with van der Waals surface area (Å²) < 4.78 is 15.8. The summed E-state index contributed by atoms with van der Waals surface area (Å²) in [5.74, 6) is -0.225. The molecule has 0 unspecified atom stereocenters. The van der Waals surface area contributed by atoms with Gasteiger partial charge in [-0.1, -0.05) is 29.3 Å². The van der Waals surface area contributed by atoms with Crippen molar-refractivity contribution in [2.75, 3.05) is 0 Å². The van der Waals surface area contributed by atoms with E-state index in [4.69, 9.17) is 37.1 Å². The van der Waals surface area contributed by atoms with Gasteiger partial charge in [-0.15, -0.1) is 0 Å². The van der Waals surface area contributed by atoms with Crippen LogP contribution in [0.15, 0.2) is 65.0 Å². The molecule has 0 amide bonds. The molecular weight excluding hydrogens is 391 g/mol. The van der Waals surface area contributed by atoms with Crippen LogP contribution in [0, 0.1) is 0 Å². The third-order valence-electron chi connectivity index (χ3n) is 3.82. The monoisotopic (exact) mass is 400 g/mol. The number of fused-ring (bicyclic) bond motifs is 1. The number of carbonyl (C=O) groups excluding carboxylic acids is 2. The maximum atomic E-state index is 12.5. The summed E-state index contributed by atoms with van der Waals surface area (Å²) in [5, 5.41) is 0.891. The van der Waals surface area contributed by atoms with Gasteiger partial charge in [0, 0.05) is 16.1 Å². The molecule has 134 valence electrons. The van der Waals surface area contributed by atoms with Gasteiger partial charge < -0.3 is 13.9 Å². The van der Waals surface area contributed by atoms with Gasteiger partial charge in [-0.3, -0.25) is 4.79 Å². The second-order valence-corrected chi connectivity index (χ2v) is 6.47. The van der Waals surface area contributed by atoms with Gasteiger partial charge in [-0.05, 0) is 48.0 Å². The first-order valence-corrected chi connectivity index (χ1v) is 8.56. The molecule has 7 heteroatoms. The van der Waals surface area contributed by atoms with E-state index in [-0.39, 0.29) is 23.1 Å². The van der Waals surface area contributed by atoms with Crippen molar-refractivity contribution in [3.8, 4) is 11.5 Å². The van der Waals surface area contributed by atoms with E-state index in [0.717, 1.165) is 0 Å². The number of Topliss-reactive ketones (excluding diaryl/α,β-unsaturated/α-hetero) is 1. The molecule has 2 aromatic carbocycles. The summed E-state index contributed by atoms with van der Waals surface area (Å²) in [6.07, 6.45) is 2.91. The number of hydrogen-bond acceptors (Lipinski definition) is 5. The van der Waals surface area contributed by atoms with Crippen LogP contribution in [0.2, 0.25) is 10.0 Å². The lowest BCUT2D eigenvalue weighted by Crippen LogP contribution is -2.07. The number of furan rings is 1. The van der Waals surface area contributed by atoms with Crippen molar-refractivity contribution in [3.63, 3.8) is 0 Å². The Kier molecular flexibility index (Phi) is 4.48. The van der Waals surface area contributed by atoms with Crippen molar-refractivity contribution in [1.82, 2.24) is 0 Å². The smallest absolute Gasteiger partial charge is 0.379 e. The fraction of sp³-hybridized carbons (Fsp3) is 0. The predicted octanol–water partition coefficient (Wildman–Crippen LogP) is 5.42. The zero-order valence-corrected chi connectivity index (χ0v) is 15.1. The number of allylic oxidation sites excluding steroid dienone is 1. The zero-order chi connectivity index (χ0) is 19.0. The molecule has 0 spiro atoms. The Balaban J connectivity index is 1.58. The van der Waals surface area contributed by atoms with Gasteiger partial charge in [-0.25, -0.2) is 4.79 Å². The minimum absolute atomic E-state index is 0.0745. The van der Waals surface area contributed by atoms with Crippen molar-refractivity contribution in [2.24, 2.45) is 0 Å². The zero-order valence-electron chi connectivity index (χ0n) is 13.6. The maximum absolute atomic E-state index is 12.5. The second-order valence-electron chi connectivity index (χ2n) is 5.63. The number of ketones is 1. The van der Waals surface area contributed by atoms with Crippen molar-refractivity contribution in [2.45, 2.75) is 0 Å². The third kappa shape index (κ3) is 3.47. The summed E-state index contributed by atoms with van der Waals surface area (Å²) in [4.78, 5) is 24.5. The number of benzene rings is 2. The van der Waals surface area contributed by atoms with Crippen LogP contribution in [0.25, 0.3) is 6.08 Å². The van der Waals surface area contributed by atoms with E-state index in [1.807, 2.05) is 0 Å². The molecule has 0 N–H and O–H groups in total. The molecule has 0 saturated carbocycles. The Morgan fingerprint density at radius 3 is 2.67 bits per heavy atom. The van der Waals surface area contributed by atoms with Crippen LogP contribution < -0.4 is 9.47 Å². The molecule has 0 bridgehead atoms. The molecule has 1 aromatic heterocycles. The van der Waals surface area contributed by atoms with Crippen molar-refractivity contribution in [3.05, 3.63) is 87.5 Å². The van der Waals surface area contributed by atoms with E-state index >= 15 is 0 Å². The molecule has 0 saturated heterocycles. The molecule has 2 heterocycles.